The molecule has 0 heterocycles. The average molecular weight is 371 g/mol. The lowest BCUT2D eigenvalue weighted by Gasteiger charge is -2.19. The molecule has 144 valence electrons. The van der Waals surface area contributed by atoms with Gasteiger partial charge in [0.1, 0.15) is 18.5 Å². The summed E-state index contributed by atoms with van der Waals surface area (Å²) in [7, 11) is 0. The fraction of sp³-hybridized carbons (Fsp3) is 0.333. The Labute approximate surface area is 158 Å². The highest BCUT2D eigenvalue weighted by molar-refractivity contribution is 6.04. The molecule has 0 aliphatic heterocycles. The Morgan fingerprint density at radius 3 is 2.19 bits per heavy atom. The van der Waals surface area contributed by atoms with Gasteiger partial charge >= 0.3 is 5.97 Å². The number of carbonyl (C=O) groups excluding carboxylic acids is 1. The molecule has 27 heavy (non-hydrogen) atoms. The molecule has 0 fully saturated rings. The summed E-state index contributed by atoms with van der Waals surface area (Å²) in [5.41, 5.74) is 1.20. The van der Waals surface area contributed by atoms with Gasteiger partial charge in [-0.15, -0.1) is 0 Å². The number of rotatable bonds is 7. The molecule has 3 N–H and O–H groups in total. The first-order chi connectivity index (χ1) is 12.7. The maximum Gasteiger partial charge on any atom is 0.336 e. The molecule has 0 aliphatic rings. The first-order valence-electron chi connectivity index (χ1n) is 8.70. The molecule has 2 aromatic carbocycles. The van der Waals surface area contributed by atoms with Crippen LogP contribution in [-0.4, -0.2) is 41.3 Å². The fourth-order valence-electron chi connectivity index (χ4n) is 2.48. The van der Waals surface area contributed by atoms with Crippen LogP contribution in [0.25, 0.3) is 0 Å². The number of aliphatic hydroxyl groups is 1. The second-order valence-corrected chi connectivity index (χ2v) is 7.30. The van der Waals surface area contributed by atoms with E-state index >= 15 is 0 Å². The van der Waals surface area contributed by atoms with Crippen molar-refractivity contribution in [2.24, 2.45) is 0 Å². The molecule has 0 radical (unpaired) electrons. The molecule has 0 aromatic heterocycles. The standard InChI is InChI=1S/C21H25NO5/c1-21(2,3)14-8-10-16(11-9-14)27-13-15(23)12-22-19(24)17-6-4-5-7-18(17)20(25)26/h4-11,15,23H,12-13H2,1-3H3,(H,22,24)(H,25,26)/t15-/m1/s1. The Balaban J connectivity index is 1.85. The van der Waals surface area contributed by atoms with E-state index in [0.717, 1.165) is 0 Å². The van der Waals surface area contributed by atoms with E-state index in [0.29, 0.717) is 5.75 Å². The van der Waals surface area contributed by atoms with Crippen molar-refractivity contribution < 1.29 is 24.5 Å². The minimum atomic E-state index is -1.18. The van der Waals surface area contributed by atoms with Crippen LogP contribution < -0.4 is 10.1 Å². The summed E-state index contributed by atoms with van der Waals surface area (Å²) in [5, 5.41) is 21.7. The summed E-state index contributed by atoms with van der Waals surface area (Å²) in [6, 6.07) is 13.6. The molecule has 0 aliphatic carbocycles. The summed E-state index contributed by atoms with van der Waals surface area (Å²) in [4.78, 5) is 23.3. The van der Waals surface area contributed by atoms with Gasteiger partial charge in [0.25, 0.3) is 5.91 Å². The quantitative estimate of drug-likeness (QED) is 0.695. The molecule has 0 spiro atoms. The zero-order valence-corrected chi connectivity index (χ0v) is 15.7. The maximum absolute atomic E-state index is 12.2. The van der Waals surface area contributed by atoms with E-state index in [9.17, 15) is 14.7 Å². The number of benzene rings is 2. The van der Waals surface area contributed by atoms with Gasteiger partial charge in [0.2, 0.25) is 0 Å². The molecule has 6 nitrogen and oxygen atoms in total. The van der Waals surface area contributed by atoms with E-state index in [1.165, 1.54) is 17.7 Å². The van der Waals surface area contributed by atoms with Crippen LogP contribution in [0.5, 0.6) is 5.75 Å². The number of ether oxygens (including phenoxy) is 1. The number of carbonyl (C=O) groups is 2. The highest BCUT2D eigenvalue weighted by Crippen LogP contribution is 2.24. The largest absolute Gasteiger partial charge is 0.491 e. The monoisotopic (exact) mass is 371 g/mol. The number of aromatic carboxylic acids is 1. The number of carboxylic acid groups (broad SMARTS) is 1. The smallest absolute Gasteiger partial charge is 0.336 e. The molecule has 1 atom stereocenters. The third-order valence-corrected chi connectivity index (χ3v) is 4.06. The molecular formula is C21H25NO5. The van der Waals surface area contributed by atoms with Crippen molar-refractivity contribution in [2.75, 3.05) is 13.2 Å². The number of aliphatic hydroxyl groups excluding tert-OH is 1. The lowest BCUT2D eigenvalue weighted by atomic mass is 9.87. The Morgan fingerprint density at radius 2 is 1.63 bits per heavy atom. The average Bonchev–Trinajstić information content (AvgIpc) is 2.64. The zero-order valence-electron chi connectivity index (χ0n) is 15.7. The zero-order chi connectivity index (χ0) is 20.0. The van der Waals surface area contributed by atoms with Gasteiger partial charge < -0.3 is 20.3 Å². The predicted molar refractivity (Wildman–Crippen MR) is 102 cm³/mol. The maximum atomic E-state index is 12.2. The van der Waals surface area contributed by atoms with Crippen molar-refractivity contribution in [3.8, 4) is 5.75 Å². The van der Waals surface area contributed by atoms with Crippen molar-refractivity contribution in [3.05, 3.63) is 65.2 Å². The van der Waals surface area contributed by atoms with Crippen LogP contribution in [0.4, 0.5) is 0 Å². The number of amides is 1. The van der Waals surface area contributed by atoms with Crippen molar-refractivity contribution in [2.45, 2.75) is 32.3 Å². The van der Waals surface area contributed by atoms with Crippen molar-refractivity contribution in [1.82, 2.24) is 5.32 Å². The summed E-state index contributed by atoms with van der Waals surface area (Å²) in [6.45, 7) is 6.33. The highest BCUT2D eigenvalue weighted by atomic mass is 16.5. The topological polar surface area (TPSA) is 95.9 Å². The third-order valence-electron chi connectivity index (χ3n) is 4.06. The molecule has 0 saturated carbocycles. The molecule has 6 heteroatoms. The number of hydrogen-bond acceptors (Lipinski definition) is 4. The van der Waals surface area contributed by atoms with E-state index in [2.05, 4.69) is 26.1 Å². The van der Waals surface area contributed by atoms with Crippen molar-refractivity contribution in [1.29, 1.82) is 0 Å². The minimum Gasteiger partial charge on any atom is -0.491 e. The second kappa shape index (κ2) is 8.68. The van der Waals surface area contributed by atoms with Crippen LogP contribution in [0, 0.1) is 0 Å². The molecule has 2 rings (SSSR count). The lowest BCUT2D eigenvalue weighted by molar-refractivity contribution is 0.0689. The fourth-order valence-corrected chi connectivity index (χ4v) is 2.48. The van der Waals surface area contributed by atoms with E-state index in [-0.39, 0.29) is 29.7 Å². The highest BCUT2D eigenvalue weighted by Gasteiger charge is 2.17. The summed E-state index contributed by atoms with van der Waals surface area (Å²) >= 11 is 0. The Morgan fingerprint density at radius 1 is 1.04 bits per heavy atom. The van der Waals surface area contributed by atoms with Crippen LogP contribution in [-0.2, 0) is 5.41 Å². The van der Waals surface area contributed by atoms with Crippen LogP contribution in [0.15, 0.2) is 48.5 Å². The summed E-state index contributed by atoms with van der Waals surface area (Å²) in [6.07, 6.45) is -0.923. The van der Waals surface area contributed by atoms with Gasteiger partial charge in [-0.1, -0.05) is 45.0 Å². The van der Waals surface area contributed by atoms with Crippen molar-refractivity contribution in [3.63, 3.8) is 0 Å². The number of carboxylic acids is 1. The van der Waals surface area contributed by atoms with Crippen LogP contribution in [0.3, 0.4) is 0 Å². The van der Waals surface area contributed by atoms with E-state index in [4.69, 9.17) is 9.84 Å². The lowest BCUT2D eigenvalue weighted by Crippen LogP contribution is -2.35. The van der Waals surface area contributed by atoms with E-state index in [1.54, 1.807) is 12.1 Å². The first-order valence-corrected chi connectivity index (χ1v) is 8.70. The Bertz CT molecular complexity index is 793. The molecule has 0 unspecified atom stereocenters. The van der Waals surface area contributed by atoms with Gasteiger partial charge in [0.15, 0.2) is 0 Å². The number of nitrogens with one attached hydrogen (secondary N) is 1. The molecular weight excluding hydrogens is 346 g/mol. The van der Waals surface area contributed by atoms with E-state index in [1.807, 2.05) is 24.3 Å². The molecule has 2 aromatic rings. The van der Waals surface area contributed by atoms with Gasteiger partial charge in [-0.05, 0) is 35.2 Å². The Hall–Kier alpha value is -2.86. The predicted octanol–water partition coefficient (Wildman–Crippen LogP) is 2.85. The van der Waals surface area contributed by atoms with Crippen LogP contribution >= 0.6 is 0 Å². The first kappa shape index (κ1) is 20.5. The van der Waals surface area contributed by atoms with Gasteiger partial charge in [0, 0.05) is 6.54 Å². The minimum absolute atomic E-state index is 0.00964. The van der Waals surface area contributed by atoms with Gasteiger partial charge in [0.05, 0.1) is 11.1 Å². The molecule has 0 bridgehead atoms. The summed E-state index contributed by atoms with van der Waals surface area (Å²) in [5.74, 6) is -1.10. The summed E-state index contributed by atoms with van der Waals surface area (Å²) < 4.78 is 5.54. The Kier molecular flexibility index (Phi) is 6.58. The van der Waals surface area contributed by atoms with Gasteiger partial charge in [-0.3, -0.25) is 4.79 Å². The second-order valence-electron chi connectivity index (χ2n) is 7.30. The van der Waals surface area contributed by atoms with Gasteiger partial charge in [-0.2, -0.15) is 0 Å². The molecule has 0 saturated heterocycles. The molecule has 1 amide bonds. The number of hydrogen-bond donors (Lipinski definition) is 3. The van der Waals surface area contributed by atoms with Gasteiger partial charge in [-0.25, -0.2) is 4.79 Å². The van der Waals surface area contributed by atoms with Crippen LogP contribution in [0.2, 0.25) is 0 Å². The van der Waals surface area contributed by atoms with E-state index < -0.39 is 18.0 Å². The van der Waals surface area contributed by atoms with Crippen molar-refractivity contribution >= 4 is 11.9 Å². The third kappa shape index (κ3) is 5.82. The normalized spacial score (nSPS) is 12.3. The van der Waals surface area contributed by atoms with Crippen LogP contribution in [0.1, 0.15) is 47.1 Å². The SMILES string of the molecule is CC(C)(C)c1ccc(OC[C@H](O)CNC(=O)c2ccccc2C(=O)O)cc1.